The van der Waals surface area contributed by atoms with Crippen LogP contribution in [0.5, 0.6) is 5.75 Å². The topological polar surface area (TPSA) is 99.5 Å². The summed E-state index contributed by atoms with van der Waals surface area (Å²) in [6, 6.07) is 30.8. The van der Waals surface area contributed by atoms with E-state index < -0.39 is 10.0 Å². The zero-order chi connectivity index (χ0) is 32.8. The number of ether oxygens (including phenoxy) is 1. The van der Waals surface area contributed by atoms with Crippen molar-refractivity contribution in [2.45, 2.75) is 17.0 Å². The van der Waals surface area contributed by atoms with E-state index in [1.165, 1.54) is 21.3 Å². The summed E-state index contributed by atoms with van der Waals surface area (Å²) in [5.41, 5.74) is 4.44. The molecule has 11 heteroatoms. The number of hydrogen-bond donors (Lipinski definition) is 0. The number of rotatable bonds is 8. The normalized spacial score (nSPS) is 13.9. The summed E-state index contributed by atoms with van der Waals surface area (Å²) >= 11 is 0. The number of benzene rings is 3. The maximum Gasteiger partial charge on any atom is 0.312 e. The number of aryl methyl sites for hydroxylation is 1. The average Bonchev–Trinajstić information content (AvgIpc) is 3.69. The summed E-state index contributed by atoms with van der Waals surface area (Å²) in [7, 11) is -2.27. The zero-order valence-corrected chi connectivity index (χ0v) is 26.7. The smallest absolute Gasteiger partial charge is 0.312 e. The van der Waals surface area contributed by atoms with E-state index in [0.29, 0.717) is 23.9 Å². The van der Waals surface area contributed by atoms with Gasteiger partial charge in [-0.3, -0.25) is 9.58 Å². The van der Waals surface area contributed by atoms with Crippen molar-refractivity contribution in [3.63, 3.8) is 0 Å². The molecule has 8 rings (SSSR count). The van der Waals surface area contributed by atoms with Gasteiger partial charge in [0.05, 0.1) is 17.1 Å². The molecule has 3 aromatic carbocycles. The Balaban J connectivity index is 1.25. The number of likely N-dealkylation sites (tertiary alicyclic amines) is 1. The third-order valence-corrected chi connectivity index (χ3v) is 10.4. The molecule has 1 saturated heterocycles. The van der Waals surface area contributed by atoms with Gasteiger partial charge < -0.3 is 9.58 Å². The first kappa shape index (κ1) is 29.6. The molecule has 10 nitrogen and oxygen atoms in total. The lowest BCUT2D eigenvalue weighted by molar-refractivity contribution is 0.00147. The zero-order valence-electron chi connectivity index (χ0n) is 25.9. The van der Waals surface area contributed by atoms with Crippen molar-refractivity contribution in [1.82, 2.24) is 28.6 Å². The van der Waals surface area contributed by atoms with Crippen LogP contribution in [0, 0.1) is 6.57 Å². The van der Waals surface area contributed by atoms with Crippen molar-refractivity contribution in [3.8, 4) is 16.9 Å². The summed E-state index contributed by atoms with van der Waals surface area (Å²) in [5.74, 6) is 0.312. The number of fused-ring (bicyclic) bond motifs is 3. The highest BCUT2D eigenvalue weighted by Crippen LogP contribution is 2.44. The van der Waals surface area contributed by atoms with Crippen LogP contribution in [0.25, 0.3) is 37.9 Å². The number of hydrogen-bond acceptors (Lipinski definition) is 7. The Labute approximate surface area is 277 Å². The van der Waals surface area contributed by atoms with E-state index in [-0.39, 0.29) is 39.8 Å². The van der Waals surface area contributed by atoms with Crippen molar-refractivity contribution in [1.29, 1.82) is 0 Å². The van der Waals surface area contributed by atoms with E-state index in [9.17, 15) is 8.42 Å². The van der Waals surface area contributed by atoms with E-state index in [0.717, 1.165) is 11.1 Å². The first-order valence-corrected chi connectivity index (χ1v) is 16.9. The Morgan fingerprint density at radius 3 is 2.10 bits per heavy atom. The Morgan fingerprint density at radius 2 is 1.50 bits per heavy atom. The molecule has 7 aromatic rings. The predicted molar refractivity (Wildman–Crippen MR) is 183 cm³/mol. The SMILES string of the molecule is [C-]#[N+]c1ncc2c(c1OC1CN(C(c3ccccc3)c3ccccc3)C1)c1cc(-c3cnn(C)c3)cnc1n2S(=O)(=O)c1ccccc1. The third-order valence-electron chi connectivity index (χ3n) is 8.72. The lowest BCUT2D eigenvalue weighted by Crippen LogP contribution is -2.55. The van der Waals surface area contributed by atoms with Crippen molar-refractivity contribution < 1.29 is 13.2 Å². The minimum atomic E-state index is -4.10. The highest BCUT2D eigenvalue weighted by Gasteiger charge is 2.37. The van der Waals surface area contributed by atoms with E-state index in [4.69, 9.17) is 11.3 Å². The van der Waals surface area contributed by atoms with Gasteiger partial charge in [-0.15, -0.1) is 4.98 Å². The minimum Gasteiger partial charge on any atom is -0.496 e. The molecule has 0 aliphatic carbocycles. The van der Waals surface area contributed by atoms with E-state index in [1.807, 2.05) is 55.7 Å². The largest absolute Gasteiger partial charge is 0.496 e. The number of nitrogens with zero attached hydrogens (tertiary/aromatic N) is 7. The molecule has 4 aromatic heterocycles. The van der Waals surface area contributed by atoms with Crippen LogP contribution in [0.3, 0.4) is 0 Å². The maximum absolute atomic E-state index is 14.2. The molecule has 1 aliphatic heterocycles. The van der Waals surface area contributed by atoms with Crippen molar-refractivity contribution in [2.75, 3.05) is 13.1 Å². The second-order valence-electron chi connectivity index (χ2n) is 11.8. The van der Waals surface area contributed by atoms with Crippen LogP contribution >= 0.6 is 0 Å². The molecule has 0 spiro atoms. The van der Waals surface area contributed by atoms with Gasteiger partial charge in [-0.1, -0.05) is 85.4 Å². The summed E-state index contributed by atoms with van der Waals surface area (Å²) in [5, 5.41) is 5.31. The van der Waals surface area contributed by atoms with Crippen molar-refractivity contribution in [2.24, 2.45) is 7.05 Å². The summed E-state index contributed by atoms with van der Waals surface area (Å²) in [6.45, 7) is 9.18. The lowest BCUT2D eigenvalue weighted by Gasteiger charge is -2.44. The molecule has 0 unspecified atom stereocenters. The van der Waals surface area contributed by atoms with Gasteiger partial charge in [-0.05, 0) is 29.3 Å². The maximum atomic E-state index is 14.2. The fourth-order valence-corrected chi connectivity index (χ4v) is 7.95. The van der Waals surface area contributed by atoms with Crippen LogP contribution in [0.15, 0.2) is 127 Å². The van der Waals surface area contributed by atoms with Crippen molar-refractivity contribution in [3.05, 3.63) is 144 Å². The summed E-state index contributed by atoms with van der Waals surface area (Å²) in [4.78, 5) is 15.3. The monoisotopic (exact) mass is 651 g/mol. The van der Waals surface area contributed by atoms with Gasteiger partial charge in [0.25, 0.3) is 10.0 Å². The van der Waals surface area contributed by atoms with Gasteiger partial charge >= 0.3 is 5.82 Å². The third kappa shape index (κ3) is 4.99. The molecular formula is C37H29N7O3S. The standard InChI is InChI=1S/C37H29N7O3S/c1-38-36-35(47-29-23-43(24-29)34(25-12-6-3-7-13-25)26-14-8-4-9-15-26)33-31-18-27(28-20-41-42(2)22-28)19-40-37(31)44(32(33)21-39-36)48(45,46)30-16-10-5-11-17-30/h3-22,29,34H,23-24H2,2H3. The minimum absolute atomic E-state index is 0.0330. The molecule has 48 heavy (non-hydrogen) atoms. The van der Waals surface area contributed by atoms with E-state index in [2.05, 4.69) is 49.1 Å². The molecule has 1 aliphatic rings. The van der Waals surface area contributed by atoms with Gasteiger partial charge in [-0.25, -0.2) is 17.4 Å². The Kier molecular flexibility index (Phi) is 7.24. The highest BCUT2D eigenvalue weighted by molar-refractivity contribution is 7.90. The van der Waals surface area contributed by atoms with Crippen LogP contribution in [0.2, 0.25) is 0 Å². The van der Waals surface area contributed by atoms with Crippen LogP contribution < -0.4 is 4.74 Å². The van der Waals surface area contributed by atoms with Crippen LogP contribution in [-0.4, -0.2) is 56.2 Å². The van der Waals surface area contributed by atoms with Gasteiger partial charge in [-0.2, -0.15) is 5.10 Å². The van der Waals surface area contributed by atoms with E-state index >= 15 is 0 Å². The summed E-state index contributed by atoms with van der Waals surface area (Å²) < 4.78 is 38.0. The first-order valence-electron chi connectivity index (χ1n) is 15.4. The van der Waals surface area contributed by atoms with Crippen LogP contribution in [-0.2, 0) is 17.1 Å². The molecule has 236 valence electrons. The molecule has 1 fully saturated rings. The number of pyridine rings is 2. The Hall–Kier alpha value is -5.83. The highest BCUT2D eigenvalue weighted by atomic mass is 32.2. The first-order chi connectivity index (χ1) is 23.4. The van der Waals surface area contributed by atoms with Gasteiger partial charge in [0.1, 0.15) is 17.8 Å². The molecule has 0 radical (unpaired) electrons. The molecule has 0 N–H and O–H groups in total. The fourth-order valence-electron chi connectivity index (χ4n) is 6.47. The number of aromatic nitrogens is 5. The van der Waals surface area contributed by atoms with Gasteiger partial charge in [0.2, 0.25) is 0 Å². The second-order valence-corrected chi connectivity index (χ2v) is 13.6. The molecule has 0 amide bonds. The Bertz CT molecular complexity index is 2390. The Morgan fingerprint density at radius 1 is 0.854 bits per heavy atom. The average molecular weight is 652 g/mol. The van der Waals surface area contributed by atoms with Crippen LogP contribution in [0.1, 0.15) is 17.2 Å². The molecule has 0 atom stereocenters. The molecule has 0 bridgehead atoms. The predicted octanol–water partition coefficient (Wildman–Crippen LogP) is 6.63. The lowest BCUT2D eigenvalue weighted by atomic mass is 9.94. The van der Waals surface area contributed by atoms with Gasteiger partial charge in [0.15, 0.2) is 11.4 Å². The molecule has 0 saturated carbocycles. The molecule has 5 heterocycles. The van der Waals surface area contributed by atoms with Crippen molar-refractivity contribution >= 4 is 37.8 Å². The fraction of sp³-hybridized carbons (Fsp3) is 0.135. The van der Waals surface area contributed by atoms with Crippen LogP contribution in [0.4, 0.5) is 5.82 Å². The quantitative estimate of drug-likeness (QED) is 0.170. The van der Waals surface area contributed by atoms with E-state index in [1.54, 1.807) is 47.4 Å². The molecular weight excluding hydrogens is 623 g/mol. The second kappa shape index (κ2) is 11.8. The summed E-state index contributed by atoms with van der Waals surface area (Å²) in [6.07, 6.45) is 6.40. The van der Waals surface area contributed by atoms with Gasteiger partial charge in [0, 0.05) is 54.4 Å².